The van der Waals surface area contributed by atoms with Crippen molar-refractivity contribution >= 4 is 28.8 Å². The lowest BCUT2D eigenvalue weighted by Gasteiger charge is -2.10. The number of hydrogen-bond acceptors (Lipinski definition) is 4. The molecule has 0 spiro atoms. The molecule has 1 fully saturated rings. The molecule has 1 N–H and O–H groups in total. The zero-order valence-electron chi connectivity index (χ0n) is 11.2. The Morgan fingerprint density at radius 2 is 2.42 bits per heavy atom. The fraction of sp³-hybridized carbons (Fsp3) is 0.692. The Bertz CT molecular complexity index is 442. The number of nitrogens with zero attached hydrogens (tertiary/aromatic N) is 1. The summed E-state index contributed by atoms with van der Waals surface area (Å²) in [4.78, 5) is 17.2. The molecule has 4 nitrogen and oxygen atoms in total. The van der Waals surface area contributed by atoms with Gasteiger partial charge in [-0.3, -0.25) is 4.79 Å². The van der Waals surface area contributed by atoms with Crippen LogP contribution in [0, 0.1) is 5.92 Å². The largest absolute Gasteiger partial charge is 0.376 e. The molecule has 1 atom stereocenters. The van der Waals surface area contributed by atoms with E-state index in [4.69, 9.17) is 16.3 Å². The first kappa shape index (κ1) is 14.8. The summed E-state index contributed by atoms with van der Waals surface area (Å²) >= 11 is 7.31. The average Bonchev–Trinajstić information content (AvgIpc) is 2.95. The van der Waals surface area contributed by atoms with Crippen LogP contribution in [0.4, 0.5) is 0 Å². The van der Waals surface area contributed by atoms with E-state index in [1.54, 1.807) is 0 Å². The number of carbonyl (C=O) groups is 1. The van der Waals surface area contributed by atoms with E-state index < -0.39 is 0 Å². The Labute approximate surface area is 122 Å². The van der Waals surface area contributed by atoms with Gasteiger partial charge in [0.15, 0.2) is 4.47 Å². The van der Waals surface area contributed by atoms with Gasteiger partial charge in [-0.05, 0) is 25.2 Å². The van der Waals surface area contributed by atoms with E-state index in [1.807, 2.05) is 0 Å². The molecule has 1 aromatic heterocycles. The Kier molecular flexibility index (Phi) is 5.19. The van der Waals surface area contributed by atoms with Gasteiger partial charge in [0.25, 0.3) is 5.91 Å². The highest BCUT2D eigenvalue weighted by atomic mass is 35.5. The standard InChI is InChI=1S/C13H19ClN2O2S/c1-8(2)6-10-11(16-13(14)19-10)12(17)15-7-9-4-3-5-18-9/h8-9H,3-7H2,1-2H3,(H,15,17)/t9-/m0/s1. The van der Waals surface area contributed by atoms with E-state index in [0.29, 0.717) is 22.6 Å². The first-order valence-corrected chi connectivity index (χ1v) is 7.80. The number of aromatic nitrogens is 1. The minimum Gasteiger partial charge on any atom is -0.376 e. The van der Waals surface area contributed by atoms with Gasteiger partial charge in [-0.25, -0.2) is 4.98 Å². The lowest BCUT2D eigenvalue weighted by Crippen LogP contribution is -2.32. The smallest absolute Gasteiger partial charge is 0.271 e. The van der Waals surface area contributed by atoms with Crippen molar-refractivity contribution in [3.63, 3.8) is 0 Å². The van der Waals surface area contributed by atoms with Crippen molar-refractivity contribution in [3.8, 4) is 0 Å². The number of amides is 1. The van der Waals surface area contributed by atoms with E-state index in [0.717, 1.165) is 30.7 Å². The predicted molar refractivity (Wildman–Crippen MR) is 77.0 cm³/mol. The van der Waals surface area contributed by atoms with Crippen LogP contribution in [0.3, 0.4) is 0 Å². The second kappa shape index (κ2) is 6.68. The van der Waals surface area contributed by atoms with Crippen LogP contribution >= 0.6 is 22.9 Å². The molecule has 106 valence electrons. The SMILES string of the molecule is CC(C)Cc1sc(Cl)nc1C(=O)NC[C@@H]1CCCO1. The Morgan fingerprint density at radius 3 is 3.05 bits per heavy atom. The first-order valence-electron chi connectivity index (χ1n) is 6.61. The van der Waals surface area contributed by atoms with Gasteiger partial charge in [0.05, 0.1) is 6.10 Å². The Balaban J connectivity index is 1.97. The van der Waals surface area contributed by atoms with Crippen molar-refractivity contribution in [2.24, 2.45) is 5.92 Å². The van der Waals surface area contributed by atoms with Crippen LogP contribution in [-0.2, 0) is 11.2 Å². The minimum atomic E-state index is -0.144. The van der Waals surface area contributed by atoms with E-state index in [1.165, 1.54) is 11.3 Å². The second-order valence-electron chi connectivity index (χ2n) is 5.18. The van der Waals surface area contributed by atoms with E-state index in [-0.39, 0.29) is 12.0 Å². The van der Waals surface area contributed by atoms with Crippen LogP contribution in [0.5, 0.6) is 0 Å². The van der Waals surface area contributed by atoms with Gasteiger partial charge >= 0.3 is 0 Å². The molecule has 0 saturated carbocycles. The first-order chi connectivity index (χ1) is 9.06. The minimum absolute atomic E-state index is 0.144. The van der Waals surface area contributed by atoms with Gasteiger partial charge in [-0.15, -0.1) is 11.3 Å². The molecule has 0 aliphatic carbocycles. The van der Waals surface area contributed by atoms with Gasteiger partial charge in [0.2, 0.25) is 0 Å². The summed E-state index contributed by atoms with van der Waals surface area (Å²) in [5, 5.41) is 2.89. The highest BCUT2D eigenvalue weighted by Crippen LogP contribution is 2.25. The third-order valence-corrected chi connectivity index (χ3v) is 4.18. The van der Waals surface area contributed by atoms with Gasteiger partial charge < -0.3 is 10.1 Å². The van der Waals surface area contributed by atoms with Crippen LogP contribution in [-0.4, -0.2) is 30.1 Å². The monoisotopic (exact) mass is 302 g/mol. The summed E-state index contributed by atoms with van der Waals surface area (Å²) in [5.41, 5.74) is 0.474. The molecule has 6 heteroatoms. The molecular weight excluding hydrogens is 284 g/mol. The van der Waals surface area contributed by atoms with Crippen molar-refractivity contribution in [2.45, 2.75) is 39.2 Å². The number of carbonyl (C=O) groups excluding carboxylic acids is 1. The van der Waals surface area contributed by atoms with Gasteiger partial charge in [0, 0.05) is 18.0 Å². The van der Waals surface area contributed by atoms with Gasteiger partial charge in [-0.1, -0.05) is 25.4 Å². The second-order valence-corrected chi connectivity index (χ2v) is 6.85. The number of halogens is 1. The number of hydrogen-bond donors (Lipinski definition) is 1. The molecule has 1 aromatic rings. The third kappa shape index (κ3) is 4.16. The van der Waals surface area contributed by atoms with Crippen molar-refractivity contribution in [2.75, 3.05) is 13.2 Å². The molecule has 1 amide bonds. The van der Waals surface area contributed by atoms with Crippen LogP contribution in [0.25, 0.3) is 0 Å². The predicted octanol–water partition coefficient (Wildman–Crippen LogP) is 2.90. The lowest BCUT2D eigenvalue weighted by molar-refractivity contribution is 0.0853. The molecule has 0 radical (unpaired) electrons. The topological polar surface area (TPSA) is 51.2 Å². The van der Waals surface area contributed by atoms with Gasteiger partial charge in [0.1, 0.15) is 5.69 Å². The number of rotatable bonds is 5. The number of ether oxygens (including phenoxy) is 1. The summed E-state index contributed by atoms with van der Waals surface area (Å²) in [6.07, 6.45) is 3.05. The molecule has 0 unspecified atom stereocenters. The summed E-state index contributed by atoms with van der Waals surface area (Å²) < 4.78 is 5.91. The number of nitrogens with one attached hydrogen (secondary N) is 1. The lowest BCUT2D eigenvalue weighted by atomic mass is 10.1. The zero-order chi connectivity index (χ0) is 13.8. The maximum atomic E-state index is 12.1. The normalized spacial score (nSPS) is 19.1. The fourth-order valence-corrected chi connectivity index (χ4v) is 3.46. The highest BCUT2D eigenvalue weighted by molar-refractivity contribution is 7.16. The Morgan fingerprint density at radius 1 is 1.63 bits per heavy atom. The zero-order valence-corrected chi connectivity index (χ0v) is 12.8. The third-order valence-electron chi connectivity index (χ3n) is 2.99. The summed E-state index contributed by atoms with van der Waals surface area (Å²) in [6.45, 7) is 5.57. The van der Waals surface area contributed by atoms with Crippen molar-refractivity contribution < 1.29 is 9.53 Å². The van der Waals surface area contributed by atoms with Crippen LogP contribution in [0.15, 0.2) is 0 Å². The molecule has 19 heavy (non-hydrogen) atoms. The van der Waals surface area contributed by atoms with Crippen LogP contribution in [0.1, 0.15) is 42.1 Å². The van der Waals surface area contributed by atoms with Crippen molar-refractivity contribution in [3.05, 3.63) is 15.0 Å². The quantitative estimate of drug-likeness (QED) is 0.910. The molecule has 1 saturated heterocycles. The Hall–Kier alpha value is -0.650. The maximum Gasteiger partial charge on any atom is 0.271 e. The highest BCUT2D eigenvalue weighted by Gasteiger charge is 2.21. The van der Waals surface area contributed by atoms with E-state index >= 15 is 0 Å². The van der Waals surface area contributed by atoms with Crippen molar-refractivity contribution in [1.82, 2.24) is 10.3 Å². The molecule has 2 heterocycles. The number of thiazole rings is 1. The summed E-state index contributed by atoms with van der Waals surface area (Å²) in [7, 11) is 0. The van der Waals surface area contributed by atoms with E-state index in [2.05, 4.69) is 24.1 Å². The van der Waals surface area contributed by atoms with Gasteiger partial charge in [-0.2, -0.15) is 0 Å². The molecule has 2 rings (SSSR count). The molecule has 1 aliphatic heterocycles. The molecular formula is C13H19ClN2O2S. The summed E-state index contributed by atoms with van der Waals surface area (Å²) in [5.74, 6) is 0.329. The molecule has 0 aromatic carbocycles. The van der Waals surface area contributed by atoms with Crippen molar-refractivity contribution in [1.29, 1.82) is 0 Å². The van der Waals surface area contributed by atoms with Crippen LogP contribution in [0.2, 0.25) is 4.47 Å². The molecule has 0 bridgehead atoms. The molecule has 1 aliphatic rings. The summed E-state index contributed by atoms with van der Waals surface area (Å²) in [6, 6.07) is 0. The average molecular weight is 303 g/mol. The fourth-order valence-electron chi connectivity index (χ4n) is 2.11. The van der Waals surface area contributed by atoms with E-state index in [9.17, 15) is 4.79 Å². The van der Waals surface area contributed by atoms with Crippen LogP contribution < -0.4 is 5.32 Å². The maximum absolute atomic E-state index is 12.1.